The molecule has 0 saturated carbocycles. The first kappa shape index (κ1) is 17.5. The van der Waals surface area contributed by atoms with E-state index in [4.69, 9.17) is 14.9 Å². The molecule has 1 aliphatic heterocycles. The molecular weight excluding hydrogens is 362 g/mol. The Hall–Kier alpha value is -3.86. The van der Waals surface area contributed by atoms with Crippen LogP contribution in [0.15, 0.2) is 63.6 Å². The third-order valence-corrected chi connectivity index (χ3v) is 4.86. The summed E-state index contributed by atoms with van der Waals surface area (Å²) in [7, 11) is 0. The van der Waals surface area contributed by atoms with E-state index < -0.39 is 10.8 Å². The Bertz CT molecular complexity index is 1100. The van der Waals surface area contributed by atoms with E-state index in [0.717, 1.165) is 0 Å². The highest BCUT2D eigenvalue weighted by molar-refractivity contribution is 5.99. The number of ketones is 1. The Balaban J connectivity index is 1.80. The van der Waals surface area contributed by atoms with Gasteiger partial charge in [0, 0.05) is 36.1 Å². The standard InChI is InChI=1S/C20H15N3O5/c21-10-13-18(19-14(24)5-2-6-16(19)28-20(13)22)17-8-7-15(27-17)11-3-1-4-12(9-11)23(25)26/h1,3-4,7-9,18H,2,5-6,22H2/t18-/m1/s1. The first-order chi connectivity index (χ1) is 13.5. The van der Waals surface area contributed by atoms with Gasteiger partial charge in [-0.15, -0.1) is 0 Å². The molecule has 1 aromatic carbocycles. The molecule has 4 rings (SSSR count). The van der Waals surface area contributed by atoms with Crippen LogP contribution in [0.4, 0.5) is 5.69 Å². The second-order valence-electron chi connectivity index (χ2n) is 6.55. The first-order valence-electron chi connectivity index (χ1n) is 8.68. The van der Waals surface area contributed by atoms with Crippen LogP contribution in [0.25, 0.3) is 11.3 Å². The Morgan fingerprint density at radius 2 is 2.07 bits per heavy atom. The molecule has 28 heavy (non-hydrogen) atoms. The smallest absolute Gasteiger partial charge is 0.270 e. The molecule has 2 aromatic rings. The minimum atomic E-state index is -0.742. The summed E-state index contributed by atoms with van der Waals surface area (Å²) in [6.07, 6.45) is 1.60. The number of furan rings is 1. The molecule has 0 fully saturated rings. The molecule has 2 aliphatic rings. The summed E-state index contributed by atoms with van der Waals surface area (Å²) in [5.41, 5.74) is 6.89. The van der Waals surface area contributed by atoms with Crippen molar-refractivity contribution in [2.45, 2.75) is 25.2 Å². The number of ether oxygens (including phenoxy) is 1. The molecule has 140 valence electrons. The van der Waals surface area contributed by atoms with Gasteiger partial charge < -0.3 is 14.9 Å². The largest absolute Gasteiger partial charge is 0.460 e. The fourth-order valence-corrected chi connectivity index (χ4v) is 3.58. The maximum Gasteiger partial charge on any atom is 0.270 e. The fourth-order valence-electron chi connectivity index (χ4n) is 3.58. The predicted molar refractivity (Wildman–Crippen MR) is 97.3 cm³/mol. The van der Waals surface area contributed by atoms with Crippen molar-refractivity contribution in [3.05, 3.63) is 75.1 Å². The van der Waals surface area contributed by atoms with E-state index in [-0.39, 0.29) is 22.9 Å². The van der Waals surface area contributed by atoms with Gasteiger partial charge in [0.1, 0.15) is 28.9 Å². The number of nitriles is 1. The van der Waals surface area contributed by atoms with Crippen molar-refractivity contribution >= 4 is 11.5 Å². The van der Waals surface area contributed by atoms with Crippen LogP contribution in [0.2, 0.25) is 0 Å². The first-order valence-corrected chi connectivity index (χ1v) is 8.68. The molecule has 8 heteroatoms. The van der Waals surface area contributed by atoms with Crippen molar-refractivity contribution in [3.63, 3.8) is 0 Å². The number of nitro groups is 1. The average Bonchev–Trinajstić information content (AvgIpc) is 3.17. The van der Waals surface area contributed by atoms with Crippen LogP contribution < -0.4 is 5.73 Å². The SMILES string of the molecule is N#CC1=C(N)OC2=C(C(=O)CCC2)[C@H]1c1ccc(-c2cccc([N+](=O)[O-])c2)o1. The van der Waals surface area contributed by atoms with Crippen molar-refractivity contribution in [1.82, 2.24) is 0 Å². The Morgan fingerprint density at radius 3 is 2.82 bits per heavy atom. The normalized spacial score (nSPS) is 19.1. The molecule has 1 aliphatic carbocycles. The van der Waals surface area contributed by atoms with Crippen molar-refractivity contribution < 1.29 is 18.9 Å². The van der Waals surface area contributed by atoms with Crippen molar-refractivity contribution in [3.8, 4) is 17.4 Å². The van der Waals surface area contributed by atoms with E-state index in [1.807, 2.05) is 6.07 Å². The third-order valence-electron chi connectivity index (χ3n) is 4.86. The monoisotopic (exact) mass is 377 g/mol. The Labute approximate surface area is 159 Å². The molecule has 1 atom stereocenters. The molecular formula is C20H15N3O5. The van der Waals surface area contributed by atoms with Crippen LogP contribution in [0.3, 0.4) is 0 Å². The number of hydrogen-bond acceptors (Lipinski definition) is 7. The Morgan fingerprint density at radius 1 is 1.25 bits per heavy atom. The van der Waals surface area contributed by atoms with Crippen molar-refractivity contribution in [2.24, 2.45) is 5.73 Å². The number of Topliss-reactive ketones (excluding diaryl/α,β-unsaturated/α-hetero) is 1. The minimum Gasteiger partial charge on any atom is -0.460 e. The maximum atomic E-state index is 12.5. The van der Waals surface area contributed by atoms with Crippen LogP contribution in [-0.4, -0.2) is 10.7 Å². The number of rotatable bonds is 3. The highest BCUT2D eigenvalue weighted by Crippen LogP contribution is 2.44. The lowest BCUT2D eigenvalue weighted by molar-refractivity contribution is -0.384. The number of nitrogens with zero attached hydrogens (tertiary/aromatic N) is 2. The lowest BCUT2D eigenvalue weighted by atomic mass is 9.80. The Kier molecular flexibility index (Phi) is 4.20. The van der Waals surface area contributed by atoms with E-state index in [0.29, 0.717) is 47.7 Å². The summed E-state index contributed by atoms with van der Waals surface area (Å²) in [6.45, 7) is 0. The quantitative estimate of drug-likeness (QED) is 0.637. The van der Waals surface area contributed by atoms with Gasteiger partial charge in [0.25, 0.3) is 5.69 Å². The molecule has 1 aromatic heterocycles. The fraction of sp³-hybridized carbons (Fsp3) is 0.200. The number of carbonyl (C=O) groups is 1. The van der Waals surface area contributed by atoms with Gasteiger partial charge in [-0.3, -0.25) is 14.9 Å². The molecule has 2 N–H and O–H groups in total. The summed E-state index contributed by atoms with van der Waals surface area (Å²) in [6, 6.07) is 11.4. The van der Waals surface area contributed by atoms with Gasteiger partial charge in [-0.2, -0.15) is 5.26 Å². The number of nitro benzene ring substituents is 1. The second kappa shape index (κ2) is 6.70. The topological polar surface area (TPSA) is 132 Å². The van der Waals surface area contributed by atoms with E-state index >= 15 is 0 Å². The highest BCUT2D eigenvalue weighted by Gasteiger charge is 2.39. The van der Waals surface area contributed by atoms with Crippen molar-refractivity contribution in [2.75, 3.05) is 0 Å². The molecule has 0 radical (unpaired) electrons. The van der Waals surface area contributed by atoms with Gasteiger partial charge >= 0.3 is 0 Å². The molecule has 0 unspecified atom stereocenters. The lowest BCUT2D eigenvalue weighted by Crippen LogP contribution is -2.27. The van der Waals surface area contributed by atoms with Gasteiger partial charge in [-0.25, -0.2) is 0 Å². The second-order valence-corrected chi connectivity index (χ2v) is 6.55. The van der Waals surface area contributed by atoms with Crippen LogP contribution in [0.5, 0.6) is 0 Å². The number of carbonyl (C=O) groups excluding carboxylic acids is 1. The summed E-state index contributed by atoms with van der Waals surface area (Å²) in [5.74, 6) is 0.368. The van der Waals surface area contributed by atoms with Crippen LogP contribution in [-0.2, 0) is 9.53 Å². The molecule has 2 heterocycles. The predicted octanol–water partition coefficient (Wildman–Crippen LogP) is 3.67. The zero-order valence-corrected chi connectivity index (χ0v) is 14.7. The number of benzene rings is 1. The number of non-ortho nitro benzene ring substituents is 1. The van der Waals surface area contributed by atoms with E-state index in [2.05, 4.69) is 0 Å². The lowest BCUT2D eigenvalue weighted by Gasteiger charge is -2.29. The molecule has 0 saturated heterocycles. The molecule has 0 bridgehead atoms. The van der Waals surface area contributed by atoms with Gasteiger partial charge in [-0.1, -0.05) is 12.1 Å². The zero-order chi connectivity index (χ0) is 19.8. The zero-order valence-electron chi connectivity index (χ0n) is 14.7. The van der Waals surface area contributed by atoms with E-state index in [9.17, 15) is 20.2 Å². The van der Waals surface area contributed by atoms with Gasteiger partial charge in [0.15, 0.2) is 5.78 Å². The third kappa shape index (κ3) is 2.83. The van der Waals surface area contributed by atoms with Gasteiger partial charge in [0.2, 0.25) is 5.88 Å². The van der Waals surface area contributed by atoms with Crippen LogP contribution >= 0.6 is 0 Å². The molecule has 8 nitrogen and oxygen atoms in total. The summed E-state index contributed by atoms with van der Waals surface area (Å²) in [5, 5.41) is 20.6. The van der Waals surface area contributed by atoms with Crippen LogP contribution in [0, 0.1) is 21.4 Å². The van der Waals surface area contributed by atoms with E-state index in [1.165, 1.54) is 12.1 Å². The van der Waals surface area contributed by atoms with Crippen LogP contribution in [0.1, 0.15) is 30.9 Å². The van der Waals surface area contributed by atoms with Gasteiger partial charge in [0.05, 0.1) is 10.8 Å². The maximum absolute atomic E-state index is 12.5. The molecule has 0 spiro atoms. The van der Waals surface area contributed by atoms with E-state index in [1.54, 1.807) is 24.3 Å². The highest BCUT2D eigenvalue weighted by atomic mass is 16.6. The number of nitrogens with two attached hydrogens (primary N) is 1. The average molecular weight is 377 g/mol. The summed E-state index contributed by atoms with van der Waals surface area (Å²) >= 11 is 0. The molecule has 0 amide bonds. The number of hydrogen-bond donors (Lipinski definition) is 1. The van der Waals surface area contributed by atoms with Gasteiger partial charge in [-0.05, 0) is 18.6 Å². The summed E-state index contributed by atoms with van der Waals surface area (Å²) in [4.78, 5) is 23.1. The minimum absolute atomic E-state index is 0.0331. The number of allylic oxidation sites excluding steroid dienone is 3. The summed E-state index contributed by atoms with van der Waals surface area (Å²) < 4.78 is 11.4. The van der Waals surface area contributed by atoms with Crippen molar-refractivity contribution in [1.29, 1.82) is 5.26 Å².